The molecule has 0 atom stereocenters. The number of nitrogens with one attached hydrogen (secondary N) is 1. The number of benzene rings is 3. The number of H-pyrrole nitrogens is 1. The Hall–Kier alpha value is -3.98. The number of nitrogens with two attached hydrogens (primary N) is 1. The maximum absolute atomic E-state index is 13.5. The van der Waals surface area contributed by atoms with Crippen molar-refractivity contribution in [2.24, 2.45) is 0 Å². The molecule has 6 rings (SSSR count). The van der Waals surface area contributed by atoms with Crippen molar-refractivity contribution >= 4 is 40.3 Å². The summed E-state index contributed by atoms with van der Waals surface area (Å²) in [5, 5.41) is 17.8. The van der Waals surface area contributed by atoms with Crippen LogP contribution in [0.25, 0.3) is 23.1 Å². The SMILES string of the molecule is Nc1cccc2c1CN(c1cc(CN3CCN(CCCO)CC3)ccc1C=Cc1n[nH]c3ccccc13)C2=O. The zero-order valence-electron chi connectivity index (χ0n) is 22.0. The second-order valence-corrected chi connectivity index (χ2v) is 10.3. The normalized spacial score (nSPS) is 16.5. The summed E-state index contributed by atoms with van der Waals surface area (Å²) in [7, 11) is 0. The smallest absolute Gasteiger partial charge is 0.259 e. The van der Waals surface area contributed by atoms with E-state index in [1.807, 2.05) is 53.5 Å². The van der Waals surface area contributed by atoms with E-state index in [1.54, 1.807) is 0 Å². The average molecular weight is 523 g/mol. The summed E-state index contributed by atoms with van der Waals surface area (Å²) in [5.41, 5.74) is 13.3. The zero-order chi connectivity index (χ0) is 26.8. The number of nitrogens with zero attached hydrogens (tertiary/aromatic N) is 4. The molecule has 2 aliphatic heterocycles. The van der Waals surface area contributed by atoms with Gasteiger partial charge in [-0.3, -0.25) is 14.8 Å². The number of fused-ring (bicyclic) bond motifs is 2. The molecule has 0 spiro atoms. The van der Waals surface area contributed by atoms with Gasteiger partial charge < -0.3 is 20.6 Å². The Morgan fingerprint density at radius 3 is 2.62 bits per heavy atom. The number of nitrogen functional groups attached to an aromatic ring is 1. The molecular formula is C31H34N6O2. The lowest BCUT2D eigenvalue weighted by Gasteiger charge is -2.34. The Balaban J connectivity index is 1.29. The number of carbonyl (C=O) groups excluding carboxylic acids is 1. The van der Waals surface area contributed by atoms with Crippen molar-refractivity contribution in [2.45, 2.75) is 19.5 Å². The highest BCUT2D eigenvalue weighted by Crippen LogP contribution is 2.35. The Morgan fingerprint density at radius 2 is 1.79 bits per heavy atom. The van der Waals surface area contributed by atoms with Gasteiger partial charge in [-0.2, -0.15) is 5.10 Å². The number of aliphatic hydroxyl groups excluding tert-OH is 1. The summed E-state index contributed by atoms with van der Waals surface area (Å²) in [4.78, 5) is 20.2. The van der Waals surface area contributed by atoms with Gasteiger partial charge in [-0.1, -0.05) is 42.5 Å². The van der Waals surface area contributed by atoms with Gasteiger partial charge in [0.05, 0.1) is 23.4 Å². The Bertz CT molecular complexity index is 1520. The minimum atomic E-state index is -0.0215. The fourth-order valence-electron chi connectivity index (χ4n) is 5.62. The highest BCUT2D eigenvalue weighted by atomic mass is 16.3. The van der Waals surface area contributed by atoms with Crippen molar-refractivity contribution in [3.05, 3.63) is 88.6 Å². The van der Waals surface area contributed by atoms with Crippen molar-refractivity contribution in [3.8, 4) is 0 Å². The Morgan fingerprint density at radius 1 is 0.974 bits per heavy atom. The molecule has 0 radical (unpaired) electrons. The number of carbonyl (C=O) groups is 1. The molecule has 2 aliphatic rings. The van der Waals surface area contributed by atoms with Crippen LogP contribution in [0.1, 0.15) is 39.2 Å². The predicted octanol–water partition coefficient (Wildman–Crippen LogP) is 3.98. The van der Waals surface area contributed by atoms with Crippen molar-refractivity contribution in [2.75, 3.05) is 50.0 Å². The number of rotatable bonds is 8. The van der Waals surface area contributed by atoms with E-state index in [2.05, 4.69) is 44.3 Å². The number of hydrogen-bond donors (Lipinski definition) is 3. The second kappa shape index (κ2) is 11.0. The summed E-state index contributed by atoms with van der Waals surface area (Å²) < 4.78 is 0. The molecular weight excluding hydrogens is 488 g/mol. The molecule has 1 saturated heterocycles. The van der Waals surface area contributed by atoms with Gasteiger partial charge in [-0.15, -0.1) is 0 Å². The van der Waals surface area contributed by atoms with Gasteiger partial charge in [-0.25, -0.2) is 0 Å². The van der Waals surface area contributed by atoms with Gasteiger partial charge in [0.2, 0.25) is 0 Å². The van der Waals surface area contributed by atoms with Crippen molar-refractivity contribution in [3.63, 3.8) is 0 Å². The topological polar surface area (TPSA) is 102 Å². The Kier molecular flexibility index (Phi) is 7.15. The first-order chi connectivity index (χ1) is 19.1. The van der Waals surface area contributed by atoms with Gasteiger partial charge in [-0.05, 0) is 47.9 Å². The lowest BCUT2D eigenvalue weighted by Crippen LogP contribution is -2.46. The molecule has 4 N–H and O–H groups in total. The van der Waals surface area contributed by atoms with Crippen LogP contribution in [0.4, 0.5) is 11.4 Å². The van der Waals surface area contributed by atoms with Crippen LogP contribution < -0.4 is 10.6 Å². The van der Waals surface area contributed by atoms with Gasteiger partial charge >= 0.3 is 0 Å². The van der Waals surface area contributed by atoms with E-state index < -0.39 is 0 Å². The molecule has 0 aliphatic carbocycles. The van der Waals surface area contributed by atoms with E-state index in [1.165, 1.54) is 5.56 Å². The van der Waals surface area contributed by atoms with Crippen LogP contribution in [-0.2, 0) is 13.1 Å². The first-order valence-corrected chi connectivity index (χ1v) is 13.6. The molecule has 8 nitrogen and oxygen atoms in total. The standard InChI is InChI=1S/C31H34N6O2/c32-27-7-3-6-24-26(27)21-37(31(24)39)30-19-22(20-36-16-14-35(15-17-36)13-4-18-38)9-10-23(30)11-12-29-25-5-1-2-8-28(25)33-34-29/h1-3,5-12,19,38H,4,13-18,20-21,32H2,(H,33,34). The fourth-order valence-corrected chi connectivity index (χ4v) is 5.62. The van der Waals surface area contributed by atoms with E-state index in [4.69, 9.17) is 10.8 Å². The van der Waals surface area contributed by atoms with Crippen LogP contribution in [0.5, 0.6) is 0 Å². The molecule has 0 saturated carbocycles. The van der Waals surface area contributed by atoms with Gasteiger partial charge in [0.15, 0.2) is 0 Å². The molecule has 8 heteroatoms. The number of hydrogen-bond acceptors (Lipinski definition) is 6. The molecule has 1 amide bonds. The zero-order valence-corrected chi connectivity index (χ0v) is 22.0. The summed E-state index contributed by atoms with van der Waals surface area (Å²) in [5.74, 6) is -0.0215. The molecule has 1 fully saturated rings. The van der Waals surface area contributed by atoms with Crippen LogP contribution >= 0.6 is 0 Å². The molecule has 0 unspecified atom stereocenters. The number of aromatic amines is 1. The summed E-state index contributed by atoms with van der Waals surface area (Å²) >= 11 is 0. The van der Waals surface area contributed by atoms with Crippen LogP contribution in [0.2, 0.25) is 0 Å². The quantitative estimate of drug-likeness (QED) is 0.303. The second-order valence-electron chi connectivity index (χ2n) is 10.3. The highest BCUT2D eigenvalue weighted by molar-refractivity contribution is 6.12. The lowest BCUT2D eigenvalue weighted by molar-refractivity contribution is 0.0996. The number of piperazine rings is 1. The number of anilines is 2. The van der Waals surface area contributed by atoms with E-state index in [9.17, 15) is 4.79 Å². The molecule has 4 aromatic rings. The third kappa shape index (κ3) is 5.18. The van der Waals surface area contributed by atoms with Gasteiger partial charge in [0.1, 0.15) is 0 Å². The maximum atomic E-state index is 13.5. The lowest BCUT2D eigenvalue weighted by atomic mass is 10.1. The van der Waals surface area contributed by atoms with Crippen LogP contribution in [0, 0.1) is 0 Å². The summed E-state index contributed by atoms with van der Waals surface area (Å²) in [6.07, 6.45) is 4.87. The molecule has 39 heavy (non-hydrogen) atoms. The summed E-state index contributed by atoms with van der Waals surface area (Å²) in [6, 6.07) is 20.0. The van der Waals surface area contributed by atoms with E-state index in [0.717, 1.165) is 79.1 Å². The van der Waals surface area contributed by atoms with Crippen molar-refractivity contribution in [1.29, 1.82) is 0 Å². The van der Waals surface area contributed by atoms with Crippen molar-refractivity contribution in [1.82, 2.24) is 20.0 Å². The van der Waals surface area contributed by atoms with E-state index in [0.29, 0.717) is 17.8 Å². The Labute approximate surface area is 228 Å². The minimum Gasteiger partial charge on any atom is -0.398 e. The molecule has 1 aromatic heterocycles. The number of aromatic nitrogens is 2. The first-order valence-electron chi connectivity index (χ1n) is 13.6. The maximum Gasteiger partial charge on any atom is 0.259 e. The number of para-hydroxylation sites is 1. The third-order valence-corrected chi connectivity index (χ3v) is 7.81. The monoisotopic (exact) mass is 522 g/mol. The fraction of sp³-hybridized carbons (Fsp3) is 0.290. The van der Waals surface area contributed by atoms with E-state index in [-0.39, 0.29) is 12.5 Å². The molecule has 3 aromatic carbocycles. The predicted molar refractivity (Wildman–Crippen MR) is 156 cm³/mol. The molecule has 0 bridgehead atoms. The van der Waals surface area contributed by atoms with Crippen LogP contribution in [0.3, 0.4) is 0 Å². The van der Waals surface area contributed by atoms with Crippen LogP contribution in [-0.4, -0.2) is 70.3 Å². The number of aliphatic hydroxyl groups is 1. The molecule has 3 heterocycles. The average Bonchev–Trinajstić information content (AvgIpc) is 3.53. The first kappa shape index (κ1) is 25.3. The van der Waals surface area contributed by atoms with Gasteiger partial charge in [0, 0.05) is 68.1 Å². The highest BCUT2D eigenvalue weighted by Gasteiger charge is 2.31. The minimum absolute atomic E-state index is 0.0215. The number of amides is 1. The van der Waals surface area contributed by atoms with Crippen molar-refractivity contribution < 1.29 is 9.90 Å². The third-order valence-electron chi connectivity index (χ3n) is 7.81. The molecule has 200 valence electrons. The van der Waals surface area contributed by atoms with E-state index >= 15 is 0 Å². The summed E-state index contributed by atoms with van der Waals surface area (Å²) in [6.45, 7) is 6.45. The van der Waals surface area contributed by atoms with Gasteiger partial charge in [0.25, 0.3) is 5.91 Å². The largest absolute Gasteiger partial charge is 0.398 e. The van der Waals surface area contributed by atoms with Crippen LogP contribution in [0.15, 0.2) is 60.7 Å².